The Morgan fingerprint density at radius 1 is 1.00 bits per heavy atom. The number of hydrogen-bond acceptors (Lipinski definition) is 6. The van der Waals surface area contributed by atoms with Gasteiger partial charge in [-0.25, -0.2) is 4.79 Å². The van der Waals surface area contributed by atoms with E-state index < -0.39 is 5.63 Å². The highest BCUT2D eigenvalue weighted by Crippen LogP contribution is 2.33. The molecule has 0 spiro atoms. The van der Waals surface area contributed by atoms with Gasteiger partial charge in [-0.2, -0.15) is 0 Å². The number of Topliss-reactive ketones (excluding diaryl/α,β-unsaturated/α-hetero) is 1. The summed E-state index contributed by atoms with van der Waals surface area (Å²) in [4.78, 5) is 25.5. The van der Waals surface area contributed by atoms with Gasteiger partial charge in [0.05, 0.1) is 14.2 Å². The molecule has 4 rings (SSSR count). The van der Waals surface area contributed by atoms with Crippen LogP contribution in [0, 0.1) is 6.92 Å². The average molecular weight is 430 g/mol. The molecule has 0 radical (unpaired) electrons. The van der Waals surface area contributed by atoms with Crippen molar-refractivity contribution in [3.05, 3.63) is 87.8 Å². The predicted octanol–water partition coefficient (Wildman–Crippen LogP) is 4.92. The van der Waals surface area contributed by atoms with E-state index in [2.05, 4.69) is 0 Å². The maximum atomic E-state index is 13.0. The van der Waals surface area contributed by atoms with Gasteiger partial charge in [0.25, 0.3) is 0 Å². The quantitative estimate of drug-likeness (QED) is 0.345. The summed E-state index contributed by atoms with van der Waals surface area (Å²) in [6.07, 6.45) is -0.109. The number of rotatable bonds is 6. The number of methoxy groups -OCH3 is 2. The second-order valence-electron chi connectivity index (χ2n) is 7.43. The van der Waals surface area contributed by atoms with Gasteiger partial charge in [0.15, 0.2) is 5.78 Å². The van der Waals surface area contributed by atoms with Crippen molar-refractivity contribution in [3.63, 3.8) is 0 Å². The van der Waals surface area contributed by atoms with Crippen LogP contribution in [0.2, 0.25) is 0 Å². The van der Waals surface area contributed by atoms with Gasteiger partial charge in [-0.05, 0) is 61.0 Å². The number of phenolic OH excluding ortho intramolecular Hbond substituents is 1. The normalized spacial score (nSPS) is 10.8. The Bertz CT molecular complexity index is 1380. The average Bonchev–Trinajstić information content (AvgIpc) is 2.82. The molecule has 3 aromatic carbocycles. The fourth-order valence-corrected chi connectivity index (χ4v) is 3.65. The van der Waals surface area contributed by atoms with E-state index in [9.17, 15) is 14.7 Å². The number of carbonyl (C=O) groups is 1. The highest BCUT2D eigenvalue weighted by atomic mass is 16.5. The van der Waals surface area contributed by atoms with Crippen molar-refractivity contribution in [3.8, 4) is 28.4 Å². The van der Waals surface area contributed by atoms with Crippen LogP contribution < -0.4 is 15.1 Å². The SMILES string of the molecule is COc1cccc(-c2cc(C(=O)Cc3cc4ccc(O)c(C)c4oc3=O)ccc2OC)c1. The van der Waals surface area contributed by atoms with E-state index in [1.165, 1.54) is 6.07 Å². The highest BCUT2D eigenvalue weighted by Gasteiger charge is 2.16. The van der Waals surface area contributed by atoms with Crippen LogP contribution in [0.3, 0.4) is 0 Å². The standard InChI is InChI=1S/C26H22O6/c1-15-22(27)9-7-18-11-19(26(29)32-25(15)18)14-23(28)17-8-10-24(31-3)21(13-17)16-5-4-6-20(12-16)30-2/h4-13,27H,14H2,1-3H3. The molecule has 0 aliphatic rings. The lowest BCUT2D eigenvalue weighted by atomic mass is 9.97. The van der Waals surface area contributed by atoms with Gasteiger partial charge < -0.3 is 19.0 Å². The fraction of sp³-hybridized carbons (Fsp3) is 0.154. The largest absolute Gasteiger partial charge is 0.508 e. The van der Waals surface area contributed by atoms with Crippen LogP contribution in [0.4, 0.5) is 0 Å². The third-order valence-electron chi connectivity index (χ3n) is 5.45. The lowest BCUT2D eigenvalue weighted by Crippen LogP contribution is -2.13. The van der Waals surface area contributed by atoms with Gasteiger partial charge in [0.1, 0.15) is 22.8 Å². The Kier molecular flexibility index (Phi) is 5.69. The third kappa shape index (κ3) is 3.95. The molecule has 0 unspecified atom stereocenters. The van der Waals surface area contributed by atoms with Crippen molar-refractivity contribution in [2.45, 2.75) is 13.3 Å². The minimum atomic E-state index is -0.596. The second kappa shape index (κ2) is 8.59. The number of aromatic hydroxyl groups is 1. The van der Waals surface area contributed by atoms with E-state index >= 15 is 0 Å². The van der Waals surface area contributed by atoms with Gasteiger partial charge in [-0.1, -0.05) is 12.1 Å². The first kappa shape index (κ1) is 21.2. The zero-order valence-electron chi connectivity index (χ0n) is 18.0. The van der Waals surface area contributed by atoms with Gasteiger partial charge >= 0.3 is 5.63 Å². The summed E-state index contributed by atoms with van der Waals surface area (Å²) >= 11 is 0. The zero-order chi connectivity index (χ0) is 22.8. The number of carbonyl (C=O) groups excluding carboxylic acids is 1. The van der Waals surface area contributed by atoms with E-state index in [1.807, 2.05) is 24.3 Å². The van der Waals surface area contributed by atoms with Gasteiger partial charge in [0.2, 0.25) is 0 Å². The molecule has 1 N–H and O–H groups in total. The number of ketones is 1. The second-order valence-corrected chi connectivity index (χ2v) is 7.43. The van der Waals surface area contributed by atoms with Crippen molar-refractivity contribution in [1.82, 2.24) is 0 Å². The van der Waals surface area contributed by atoms with E-state index in [0.29, 0.717) is 33.6 Å². The number of aryl methyl sites for hydroxylation is 1. The molecule has 0 bridgehead atoms. The first-order chi connectivity index (χ1) is 15.4. The van der Waals surface area contributed by atoms with Gasteiger partial charge in [0, 0.05) is 34.1 Å². The predicted molar refractivity (Wildman–Crippen MR) is 122 cm³/mol. The molecule has 0 atom stereocenters. The van der Waals surface area contributed by atoms with E-state index in [-0.39, 0.29) is 23.5 Å². The van der Waals surface area contributed by atoms with Crippen molar-refractivity contribution in [2.75, 3.05) is 14.2 Å². The Morgan fingerprint density at radius 3 is 2.56 bits per heavy atom. The first-order valence-electron chi connectivity index (χ1n) is 10.0. The molecule has 162 valence electrons. The molecule has 0 saturated carbocycles. The maximum Gasteiger partial charge on any atom is 0.339 e. The molecule has 0 aliphatic heterocycles. The van der Waals surface area contributed by atoms with E-state index in [0.717, 1.165) is 11.1 Å². The Labute approximate surface area is 184 Å². The summed E-state index contributed by atoms with van der Waals surface area (Å²) in [5, 5.41) is 10.5. The Balaban J connectivity index is 1.70. The van der Waals surface area contributed by atoms with E-state index in [1.54, 1.807) is 51.5 Å². The van der Waals surface area contributed by atoms with Crippen LogP contribution in [0.5, 0.6) is 17.2 Å². The summed E-state index contributed by atoms with van der Waals surface area (Å²) < 4.78 is 16.2. The summed E-state index contributed by atoms with van der Waals surface area (Å²) in [6, 6.07) is 17.5. The summed E-state index contributed by atoms with van der Waals surface area (Å²) in [7, 11) is 3.16. The minimum absolute atomic E-state index is 0.0489. The maximum absolute atomic E-state index is 13.0. The van der Waals surface area contributed by atoms with Crippen molar-refractivity contribution >= 4 is 16.8 Å². The van der Waals surface area contributed by atoms with Crippen LogP contribution in [0.1, 0.15) is 21.5 Å². The molecule has 1 aromatic heterocycles. The third-order valence-corrected chi connectivity index (χ3v) is 5.45. The molecule has 0 fully saturated rings. The topological polar surface area (TPSA) is 86.0 Å². The molecule has 0 saturated heterocycles. The number of ether oxygens (including phenoxy) is 2. The van der Waals surface area contributed by atoms with E-state index in [4.69, 9.17) is 13.9 Å². The number of hydrogen-bond donors (Lipinski definition) is 1. The number of phenols is 1. The Hall–Kier alpha value is -4.06. The molecular weight excluding hydrogens is 408 g/mol. The molecule has 4 aromatic rings. The lowest BCUT2D eigenvalue weighted by molar-refractivity contribution is 0.0992. The molecular formula is C26H22O6. The highest BCUT2D eigenvalue weighted by molar-refractivity contribution is 5.99. The van der Waals surface area contributed by atoms with Crippen molar-refractivity contribution < 1.29 is 23.8 Å². The lowest BCUT2D eigenvalue weighted by Gasteiger charge is -2.12. The molecule has 6 nitrogen and oxygen atoms in total. The van der Waals surface area contributed by atoms with Crippen LogP contribution >= 0.6 is 0 Å². The molecule has 6 heteroatoms. The smallest absolute Gasteiger partial charge is 0.339 e. The van der Waals surface area contributed by atoms with Gasteiger partial charge in [-0.15, -0.1) is 0 Å². The number of benzene rings is 3. The summed E-state index contributed by atoms with van der Waals surface area (Å²) in [5.74, 6) is 1.14. The molecule has 0 amide bonds. The van der Waals surface area contributed by atoms with Crippen molar-refractivity contribution in [1.29, 1.82) is 0 Å². The van der Waals surface area contributed by atoms with Crippen LogP contribution in [0.15, 0.2) is 69.9 Å². The first-order valence-corrected chi connectivity index (χ1v) is 10.0. The van der Waals surface area contributed by atoms with Crippen LogP contribution in [-0.2, 0) is 6.42 Å². The summed E-state index contributed by atoms with van der Waals surface area (Å²) in [5.41, 5.74) is 2.49. The molecule has 1 heterocycles. The summed E-state index contributed by atoms with van der Waals surface area (Å²) in [6.45, 7) is 1.67. The van der Waals surface area contributed by atoms with Crippen LogP contribution in [0.25, 0.3) is 22.1 Å². The minimum Gasteiger partial charge on any atom is -0.508 e. The Morgan fingerprint density at radius 2 is 1.81 bits per heavy atom. The molecule has 0 aliphatic carbocycles. The molecule has 32 heavy (non-hydrogen) atoms. The number of fused-ring (bicyclic) bond motifs is 1. The van der Waals surface area contributed by atoms with Gasteiger partial charge in [-0.3, -0.25) is 4.79 Å². The fourth-order valence-electron chi connectivity index (χ4n) is 3.65. The van der Waals surface area contributed by atoms with Crippen molar-refractivity contribution in [2.24, 2.45) is 0 Å². The monoisotopic (exact) mass is 430 g/mol. The van der Waals surface area contributed by atoms with Crippen LogP contribution in [-0.4, -0.2) is 25.1 Å². The zero-order valence-corrected chi connectivity index (χ0v) is 18.0.